The van der Waals surface area contributed by atoms with Crippen LogP contribution in [-0.4, -0.2) is 59.3 Å². The Morgan fingerprint density at radius 2 is 0.983 bits per heavy atom. The number of hydrogen-bond donors (Lipinski definition) is 4. The zero-order chi connectivity index (χ0) is 42.6. The zero-order valence-electron chi connectivity index (χ0n) is 37.6. The molecule has 0 aliphatic heterocycles. The number of nitrogens with one attached hydrogen (secondary N) is 2. The second-order valence-electron chi connectivity index (χ2n) is 16.6. The third-order valence-corrected chi connectivity index (χ3v) is 10.9. The summed E-state index contributed by atoms with van der Waals surface area (Å²) < 4.78 is 5.94. The minimum atomic E-state index is -1.38. The molecular weight excluding hydrogens is 729 g/mol. The van der Waals surface area contributed by atoms with Crippen LogP contribution in [0.25, 0.3) is 0 Å². The van der Waals surface area contributed by atoms with Gasteiger partial charge in [0, 0.05) is 12.8 Å². The number of esters is 1. The summed E-state index contributed by atoms with van der Waals surface area (Å²) in [6.07, 6.45) is 49.6. The fourth-order valence-electron chi connectivity index (χ4n) is 7.19. The number of carbonyl (C=O) groups is 4. The standard InChI is InChI=1S/C49H90N2O7/c1-3-5-7-9-11-13-14-15-16-17-18-19-20-21-22-23-24-25-27-33-37-41-48(55)58-44(38-34-30-26-12-10-8-6-4-2)39-35-31-28-29-32-36-40-46(53)50-42-47(54)51-45(43-52)49(56)57/h12,26,34,38,44-45,52H,3-11,13-25,27-33,35-37,39-43H2,1-2H3,(H,50,53)(H,51,54)(H,56,57)/b26-12-,38-34-. The van der Waals surface area contributed by atoms with Crippen molar-refractivity contribution in [2.45, 2.75) is 251 Å². The lowest BCUT2D eigenvalue weighted by Crippen LogP contribution is -2.47. The van der Waals surface area contributed by atoms with E-state index >= 15 is 0 Å². The number of hydrogen-bond acceptors (Lipinski definition) is 6. The second-order valence-corrected chi connectivity index (χ2v) is 16.6. The Kier molecular flexibility index (Phi) is 41.9. The van der Waals surface area contributed by atoms with E-state index in [1.54, 1.807) is 0 Å². The van der Waals surface area contributed by atoms with Gasteiger partial charge in [0.2, 0.25) is 11.8 Å². The van der Waals surface area contributed by atoms with Gasteiger partial charge in [-0.05, 0) is 51.0 Å². The van der Waals surface area contributed by atoms with E-state index in [1.807, 2.05) is 0 Å². The third-order valence-electron chi connectivity index (χ3n) is 10.9. The van der Waals surface area contributed by atoms with Gasteiger partial charge >= 0.3 is 11.9 Å². The lowest BCUT2D eigenvalue weighted by Gasteiger charge is -2.15. The fraction of sp³-hybridized carbons (Fsp3) is 0.837. The molecule has 0 aromatic rings. The van der Waals surface area contributed by atoms with E-state index in [9.17, 15) is 19.2 Å². The molecule has 0 bridgehead atoms. The molecule has 2 atom stereocenters. The predicted molar refractivity (Wildman–Crippen MR) is 241 cm³/mol. The first kappa shape index (κ1) is 55.3. The van der Waals surface area contributed by atoms with E-state index in [0.29, 0.717) is 19.3 Å². The Balaban J connectivity index is 4.10. The van der Waals surface area contributed by atoms with Crippen molar-refractivity contribution in [1.29, 1.82) is 0 Å². The minimum Gasteiger partial charge on any atom is -0.480 e. The molecule has 0 saturated heterocycles. The van der Waals surface area contributed by atoms with Gasteiger partial charge in [0.15, 0.2) is 0 Å². The number of allylic oxidation sites excluding steroid dienone is 3. The summed E-state index contributed by atoms with van der Waals surface area (Å²) >= 11 is 0. The summed E-state index contributed by atoms with van der Waals surface area (Å²) in [6.45, 7) is 3.47. The molecule has 0 saturated carbocycles. The van der Waals surface area contributed by atoms with Crippen LogP contribution in [0.5, 0.6) is 0 Å². The molecule has 0 rings (SSSR count). The molecule has 58 heavy (non-hydrogen) atoms. The summed E-state index contributed by atoms with van der Waals surface area (Å²) in [5, 5.41) is 22.5. The maximum Gasteiger partial charge on any atom is 0.328 e. The molecule has 2 unspecified atom stereocenters. The van der Waals surface area contributed by atoms with Gasteiger partial charge < -0.3 is 25.6 Å². The van der Waals surface area contributed by atoms with Crippen LogP contribution in [-0.2, 0) is 23.9 Å². The second kappa shape index (κ2) is 43.9. The quantitative estimate of drug-likeness (QED) is 0.0272. The largest absolute Gasteiger partial charge is 0.480 e. The van der Waals surface area contributed by atoms with Gasteiger partial charge in [0.25, 0.3) is 0 Å². The summed E-state index contributed by atoms with van der Waals surface area (Å²) in [7, 11) is 0. The van der Waals surface area contributed by atoms with Gasteiger partial charge in [-0.3, -0.25) is 14.4 Å². The van der Waals surface area contributed by atoms with Crippen LogP contribution in [0.1, 0.15) is 239 Å². The van der Waals surface area contributed by atoms with Gasteiger partial charge in [-0.15, -0.1) is 0 Å². The predicted octanol–water partition coefficient (Wildman–Crippen LogP) is 12.4. The van der Waals surface area contributed by atoms with E-state index in [0.717, 1.165) is 64.2 Å². The molecule has 0 fully saturated rings. The molecule has 0 spiro atoms. The highest BCUT2D eigenvalue weighted by atomic mass is 16.5. The molecule has 2 amide bonds. The van der Waals surface area contributed by atoms with Crippen LogP contribution in [0.15, 0.2) is 24.3 Å². The number of carbonyl (C=O) groups excluding carboxylic acids is 3. The molecular formula is C49H90N2O7. The summed E-state index contributed by atoms with van der Waals surface area (Å²) in [5.41, 5.74) is 0. The number of aliphatic hydroxyl groups is 1. The minimum absolute atomic E-state index is 0.0894. The fourth-order valence-corrected chi connectivity index (χ4v) is 7.19. The SMILES string of the molecule is CCCCC/C=C\C/C=C\C(CCCCCCCCC(=O)NCC(=O)NC(CO)C(=O)O)OC(=O)CCCCCCCCCCCCCCCCCCCCCCC. The van der Waals surface area contributed by atoms with Crippen molar-refractivity contribution in [2.75, 3.05) is 13.2 Å². The highest BCUT2D eigenvalue weighted by molar-refractivity contribution is 5.87. The van der Waals surface area contributed by atoms with Crippen molar-refractivity contribution in [1.82, 2.24) is 10.6 Å². The van der Waals surface area contributed by atoms with E-state index in [2.05, 4.69) is 48.8 Å². The van der Waals surface area contributed by atoms with Crippen LogP contribution in [0.4, 0.5) is 0 Å². The molecule has 9 nitrogen and oxygen atoms in total. The van der Waals surface area contributed by atoms with Crippen molar-refractivity contribution in [2.24, 2.45) is 0 Å². The van der Waals surface area contributed by atoms with Gasteiger partial charge in [-0.1, -0.05) is 199 Å². The van der Waals surface area contributed by atoms with Gasteiger partial charge in [-0.2, -0.15) is 0 Å². The van der Waals surface area contributed by atoms with Crippen LogP contribution < -0.4 is 10.6 Å². The summed E-state index contributed by atoms with van der Waals surface area (Å²) in [5.74, 6) is -2.33. The molecule has 0 radical (unpaired) electrons. The third kappa shape index (κ3) is 40.1. The maximum atomic E-state index is 12.8. The number of aliphatic hydroxyl groups excluding tert-OH is 1. The highest BCUT2D eigenvalue weighted by Gasteiger charge is 2.18. The number of carboxylic acids is 1. The molecule has 4 N–H and O–H groups in total. The topological polar surface area (TPSA) is 142 Å². The van der Waals surface area contributed by atoms with Crippen LogP contribution in [0.3, 0.4) is 0 Å². The van der Waals surface area contributed by atoms with Crippen molar-refractivity contribution in [3.05, 3.63) is 24.3 Å². The smallest absolute Gasteiger partial charge is 0.328 e. The van der Waals surface area contributed by atoms with Crippen LogP contribution in [0.2, 0.25) is 0 Å². The Morgan fingerprint density at radius 1 is 0.534 bits per heavy atom. The van der Waals surface area contributed by atoms with Crippen molar-refractivity contribution in [3.8, 4) is 0 Å². The molecule has 0 aromatic carbocycles. The number of amides is 2. The van der Waals surface area contributed by atoms with Crippen molar-refractivity contribution >= 4 is 23.8 Å². The number of carboxylic acid groups (broad SMARTS) is 1. The normalized spacial score (nSPS) is 12.6. The number of aliphatic carboxylic acids is 1. The first-order valence-electron chi connectivity index (χ1n) is 24.2. The van der Waals surface area contributed by atoms with E-state index in [4.69, 9.17) is 14.9 Å². The number of unbranched alkanes of at least 4 members (excludes halogenated alkanes) is 28. The van der Waals surface area contributed by atoms with Crippen molar-refractivity contribution in [3.63, 3.8) is 0 Å². The average Bonchev–Trinajstić information content (AvgIpc) is 3.21. The Bertz CT molecular complexity index is 1030. The Labute approximate surface area is 355 Å². The van der Waals surface area contributed by atoms with E-state index < -0.39 is 24.5 Å². The van der Waals surface area contributed by atoms with Gasteiger partial charge in [-0.25, -0.2) is 4.79 Å². The highest BCUT2D eigenvalue weighted by Crippen LogP contribution is 2.17. The lowest BCUT2D eigenvalue weighted by atomic mass is 10.0. The first-order valence-corrected chi connectivity index (χ1v) is 24.2. The molecule has 9 heteroatoms. The number of rotatable bonds is 44. The number of ether oxygens (including phenoxy) is 1. The van der Waals surface area contributed by atoms with Crippen LogP contribution >= 0.6 is 0 Å². The summed E-state index contributed by atoms with van der Waals surface area (Å²) in [6, 6.07) is -1.38. The molecule has 0 heterocycles. The Morgan fingerprint density at radius 3 is 1.47 bits per heavy atom. The van der Waals surface area contributed by atoms with E-state index in [1.165, 1.54) is 141 Å². The van der Waals surface area contributed by atoms with Gasteiger partial charge in [0.1, 0.15) is 12.1 Å². The first-order chi connectivity index (χ1) is 28.3. The van der Waals surface area contributed by atoms with Gasteiger partial charge in [0.05, 0.1) is 13.2 Å². The van der Waals surface area contributed by atoms with E-state index in [-0.39, 0.29) is 24.5 Å². The summed E-state index contributed by atoms with van der Waals surface area (Å²) in [4.78, 5) is 47.5. The average molecular weight is 819 g/mol. The zero-order valence-corrected chi connectivity index (χ0v) is 37.6. The maximum absolute atomic E-state index is 12.8. The molecule has 0 aliphatic rings. The van der Waals surface area contributed by atoms with Crippen LogP contribution in [0, 0.1) is 0 Å². The molecule has 338 valence electrons. The molecule has 0 aliphatic carbocycles. The molecule has 0 aromatic heterocycles. The lowest BCUT2D eigenvalue weighted by molar-refractivity contribution is -0.147. The monoisotopic (exact) mass is 819 g/mol. The Hall–Kier alpha value is -2.68. The van der Waals surface area contributed by atoms with Crippen molar-refractivity contribution < 1.29 is 34.1 Å².